The lowest BCUT2D eigenvalue weighted by Gasteiger charge is -2.28. The van der Waals surface area contributed by atoms with Crippen LogP contribution in [0.4, 0.5) is 0 Å². The molecule has 0 saturated carbocycles. The largest absolute Gasteiger partial charge is 0.500 e. The normalized spacial score (nSPS) is 13.5. The Kier molecular flexibility index (Phi) is 16.8. The van der Waals surface area contributed by atoms with Crippen LogP contribution in [-0.2, 0) is 18.0 Å². The van der Waals surface area contributed by atoms with Crippen molar-refractivity contribution in [1.82, 2.24) is 0 Å². The van der Waals surface area contributed by atoms with Gasteiger partial charge in [-0.05, 0) is 53.9 Å². The molecule has 0 aromatic carbocycles. The molecule has 1 atom stereocenters. The predicted molar refractivity (Wildman–Crippen MR) is 108 cm³/mol. The molecule has 150 valence electrons. The van der Waals surface area contributed by atoms with E-state index in [1.54, 1.807) is 6.26 Å². The Bertz CT molecular complexity index is 293. The topological polar surface area (TPSA) is 36.9 Å². The van der Waals surface area contributed by atoms with Crippen molar-refractivity contribution in [1.29, 1.82) is 0 Å². The fourth-order valence-electron chi connectivity index (χ4n) is 2.94. The molecule has 0 N–H and O–H groups in total. The predicted octanol–water partition coefficient (Wildman–Crippen LogP) is 6.09. The van der Waals surface area contributed by atoms with Crippen LogP contribution < -0.4 is 0 Å². The average molecular weight is 375 g/mol. The van der Waals surface area contributed by atoms with Gasteiger partial charge in [-0.1, -0.05) is 38.2 Å². The smallest absolute Gasteiger partial charge is 0.499 e. The van der Waals surface area contributed by atoms with Crippen LogP contribution >= 0.6 is 0 Å². The summed E-state index contributed by atoms with van der Waals surface area (Å²) in [4.78, 5) is 0. The summed E-state index contributed by atoms with van der Waals surface area (Å²) in [5.74, 6) is 0. The molecule has 0 saturated heterocycles. The summed E-state index contributed by atoms with van der Waals surface area (Å²) in [6.07, 6.45) is 14.1. The maximum Gasteiger partial charge on any atom is 0.500 e. The lowest BCUT2D eigenvalue weighted by Crippen LogP contribution is -2.45. The standard InChI is InChI=1S/C20H42O4Si/c1-6-18-21-20(5)17-15-13-11-10-12-14-16-19-25(22-7-2,23-8-3)24-9-4/h6,18,20H,7-17,19H2,1-5H3. The molecule has 1 unspecified atom stereocenters. The zero-order chi connectivity index (χ0) is 18.8. The van der Waals surface area contributed by atoms with Gasteiger partial charge in [0.25, 0.3) is 0 Å². The summed E-state index contributed by atoms with van der Waals surface area (Å²) in [5, 5.41) is 0. The molecular weight excluding hydrogens is 332 g/mol. The maximum atomic E-state index is 5.90. The Hall–Kier alpha value is -0.363. The molecule has 0 amide bonds. The molecule has 5 heteroatoms. The van der Waals surface area contributed by atoms with Crippen LogP contribution in [0.15, 0.2) is 12.3 Å². The molecule has 0 radical (unpaired) electrons. The average Bonchev–Trinajstić information content (AvgIpc) is 2.59. The molecule has 0 aliphatic carbocycles. The van der Waals surface area contributed by atoms with Gasteiger partial charge in [-0.3, -0.25) is 0 Å². The zero-order valence-electron chi connectivity index (χ0n) is 17.4. The molecule has 0 fully saturated rings. The van der Waals surface area contributed by atoms with E-state index in [1.807, 2.05) is 33.8 Å². The van der Waals surface area contributed by atoms with Gasteiger partial charge in [0.1, 0.15) is 0 Å². The Morgan fingerprint density at radius 1 is 0.760 bits per heavy atom. The second-order valence-electron chi connectivity index (χ2n) is 6.41. The molecule has 0 bridgehead atoms. The van der Waals surface area contributed by atoms with Crippen molar-refractivity contribution in [3.8, 4) is 0 Å². The molecule has 0 spiro atoms. The third-order valence-electron chi connectivity index (χ3n) is 4.13. The van der Waals surface area contributed by atoms with Crippen molar-refractivity contribution < 1.29 is 18.0 Å². The van der Waals surface area contributed by atoms with Crippen molar-refractivity contribution in [3.63, 3.8) is 0 Å². The van der Waals surface area contributed by atoms with E-state index >= 15 is 0 Å². The molecule has 0 aliphatic heterocycles. The highest BCUT2D eigenvalue weighted by molar-refractivity contribution is 6.60. The van der Waals surface area contributed by atoms with Crippen molar-refractivity contribution in [2.45, 2.75) is 98.1 Å². The lowest BCUT2D eigenvalue weighted by molar-refractivity contribution is 0.0706. The van der Waals surface area contributed by atoms with Gasteiger partial charge in [0.2, 0.25) is 0 Å². The molecule has 25 heavy (non-hydrogen) atoms. The van der Waals surface area contributed by atoms with Gasteiger partial charge >= 0.3 is 8.80 Å². The van der Waals surface area contributed by atoms with Crippen LogP contribution in [-0.4, -0.2) is 34.7 Å². The molecule has 4 nitrogen and oxygen atoms in total. The van der Waals surface area contributed by atoms with Gasteiger partial charge < -0.3 is 18.0 Å². The van der Waals surface area contributed by atoms with Crippen molar-refractivity contribution in [2.24, 2.45) is 0 Å². The zero-order valence-corrected chi connectivity index (χ0v) is 18.4. The van der Waals surface area contributed by atoms with E-state index in [1.165, 1.54) is 38.5 Å². The van der Waals surface area contributed by atoms with E-state index in [4.69, 9.17) is 18.0 Å². The van der Waals surface area contributed by atoms with Crippen LogP contribution in [0, 0.1) is 0 Å². The molecular formula is C20H42O4Si. The second-order valence-corrected chi connectivity index (χ2v) is 9.14. The maximum absolute atomic E-state index is 5.90. The second kappa shape index (κ2) is 17.1. The van der Waals surface area contributed by atoms with E-state index in [0.29, 0.717) is 25.9 Å². The van der Waals surface area contributed by atoms with Crippen LogP contribution in [0.2, 0.25) is 6.04 Å². The summed E-state index contributed by atoms with van der Waals surface area (Å²) in [7, 11) is -2.42. The van der Waals surface area contributed by atoms with Gasteiger partial charge in [0.15, 0.2) is 0 Å². The first-order valence-corrected chi connectivity index (χ1v) is 12.3. The van der Waals surface area contributed by atoms with E-state index in [-0.39, 0.29) is 0 Å². The van der Waals surface area contributed by atoms with Crippen LogP contribution in [0.1, 0.15) is 86.0 Å². The molecule has 0 aromatic rings. The summed E-state index contributed by atoms with van der Waals surface area (Å²) in [6.45, 7) is 12.2. The summed E-state index contributed by atoms with van der Waals surface area (Å²) < 4.78 is 23.2. The van der Waals surface area contributed by atoms with Gasteiger partial charge in [-0.25, -0.2) is 0 Å². The Morgan fingerprint density at radius 2 is 1.24 bits per heavy atom. The number of allylic oxidation sites excluding steroid dienone is 1. The van der Waals surface area contributed by atoms with E-state index in [0.717, 1.165) is 18.9 Å². The first-order chi connectivity index (χ1) is 12.1. The molecule has 0 heterocycles. The number of rotatable bonds is 18. The summed E-state index contributed by atoms with van der Waals surface area (Å²) in [5.41, 5.74) is 0. The highest BCUT2D eigenvalue weighted by atomic mass is 28.4. The number of unbranched alkanes of at least 4 members (excludes halogenated alkanes) is 6. The minimum absolute atomic E-state index is 0.338. The van der Waals surface area contributed by atoms with E-state index < -0.39 is 8.80 Å². The van der Waals surface area contributed by atoms with E-state index in [9.17, 15) is 0 Å². The highest BCUT2D eigenvalue weighted by Crippen LogP contribution is 2.21. The van der Waals surface area contributed by atoms with Crippen molar-refractivity contribution >= 4 is 8.80 Å². The van der Waals surface area contributed by atoms with E-state index in [2.05, 4.69) is 6.92 Å². The first-order valence-electron chi connectivity index (χ1n) is 10.3. The fourth-order valence-corrected chi connectivity index (χ4v) is 5.62. The number of hydrogen-bond donors (Lipinski definition) is 0. The number of ether oxygens (including phenoxy) is 1. The monoisotopic (exact) mass is 374 g/mol. The molecule has 0 aromatic heterocycles. The summed E-state index contributed by atoms with van der Waals surface area (Å²) >= 11 is 0. The van der Waals surface area contributed by atoms with Gasteiger partial charge in [0, 0.05) is 25.9 Å². The van der Waals surface area contributed by atoms with Crippen molar-refractivity contribution in [2.75, 3.05) is 19.8 Å². The lowest BCUT2D eigenvalue weighted by atomic mass is 10.1. The minimum atomic E-state index is -2.42. The van der Waals surface area contributed by atoms with Gasteiger partial charge in [0.05, 0.1) is 12.4 Å². The highest BCUT2D eigenvalue weighted by Gasteiger charge is 2.39. The third kappa shape index (κ3) is 13.5. The van der Waals surface area contributed by atoms with Crippen molar-refractivity contribution in [3.05, 3.63) is 12.3 Å². The fraction of sp³-hybridized carbons (Fsp3) is 0.900. The third-order valence-corrected chi connectivity index (χ3v) is 7.28. The van der Waals surface area contributed by atoms with Gasteiger partial charge in [-0.2, -0.15) is 0 Å². The number of hydrogen-bond acceptors (Lipinski definition) is 4. The molecule has 0 rings (SSSR count). The van der Waals surface area contributed by atoms with Crippen LogP contribution in [0.5, 0.6) is 0 Å². The SMILES string of the molecule is CC=COC(C)CCCCCCCCC[Si](OCC)(OCC)OCC. The Morgan fingerprint density at radius 3 is 1.72 bits per heavy atom. The quantitative estimate of drug-likeness (QED) is 0.165. The first kappa shape index (κ1) is 24.6. The summed E-state index contributed by atoms with van der Waals surface area (Å²) in [6, 6.07) is 0.947. The Labute approximate surface area is 157 Å². The minimum Gasteiger partial charge on any atom is -0.499 e. The van der Waals surface area contributed by atoms with Crippen LogP contribution in [0.25, 0.3) is 0 Å². The van der Waals surface area contributed by atoms with Gasteiger partial charge in [-0.15, -0.1) is 0 Å². The Balaban J connectivity index is 3.72. The molecule has 0 aliphatic rings. The van der Waals surface area contributed by atoms with Crippen LogP contribution in [0.3, 0.4) is 0 Å².